The van der Waals surface area contributed by atoms with Crippen LogP contribution in [0.3, 0.4) is 0 Å². The zero-order valence-corrected chi connectivity index (χ0v) is 17.5. The second-order valence-corrected chi connectivity index (χ2v) is 8.96. The standard InChI is InChI=1S/C19H25N5O5S/c1-29-19-6-5-16(12-21-19)18(30(20,27)28)14-23-9-7-22(8-10-23)13-15-3-2-4-17(11-15)24(25)26/h2-6,11-12,18H,7-10,13-14H2,1H3,(H2,20,27,28). The lowest BCUT2D eigenvalue weighted by Gasteiger charge is -2.36. The average Bonchev–Trinajstić information content (AvgIpc) is 2.72. The summed E-state index contributed by atoms with van der Waals surface area (Å²) in [6.07, 6.45) is 1.48. The van der Waals surface area contributed by atoms with Gasteiger partial charge >= 0.3 is 0 Å². The topological polar surface area (TPSA) is 132 Å². The summed E-state index contributed by atoms with van der Waals surface area (Å²) in [5, 5.41) is 15.6. The van der Waals surface area contributed by atoms with Gasteiger partial charge in [-0.3, -0.25) is 19.9 Å². The van der Waals surface area contributed by atoms with Crippen LogP contribution in [0.1, 0.15) is 16.4 Å². The number of nitro groups is 1. The van der Waals surface area contributed by atoms with Gasteiger partial charge in [-0.1, -0.05) is 18.2 Å². The molecule has 0 radical (unpaired) electrons. The van der Waals surface area contributed by atoms with E-state index in [1.54, 1.807) is 24.3 Å². The molecule has 1 aliphatic rings. The molecule has 2 N–H and O–H groups in total. The second-order valence-electron chi connectivity index (χ2n) is 7.22. The van der Waals surface area contributed by atoms with Crippen molar-refractivity contribution in [2.24, 2.45) is 5.14 Å². The Balaban J connectivity index is 1.60. The smallest absolute Gasteiger partial charge is 0.269 e. The molecular formula is C19H25N5O5S. The predicted molar refractivity (Wildman–Crippen MR) is 111 cm³/mol. The minimum absolute atomic E-state index is 0.0789. The molecule has 1 unspecified atom stereocenters. The summed E-state index contributed by atoms with van der Waals surface area (Å²) in [5.41, 5.74) is 1.48. The van der Waals surface area contributed by atoms with Gasteiger partial charge in [-0.2, -0.15) is 0 Å². The van der Waals surface area contributed by atoms with Crippen molar-refractivity contribution in [3.63, 3.8) is 0 Å². The van der Waals surface area contributed by atoms with Crippen molar-refractivity contribution in [1.82, 2.24) is 14.8 Å². The van der Waals surface area contributed by atoms with E-state index in [1.807, 2.05) is 6.07 Å². The molecule has 1 atom stereocenters. The number of hydrogen-bond acceptors (Lipinski definition) is 8. The molecule has 11 heteroatoms. The first-order chi connectivity index (χ1) is 14.3. The molecular weight excluding hydrogens is 410 g/mol. The Morgan fingerprint density at radius 2 is 1.90 bits per heavy atom. The van der Waals surface area contributed by atoms with E-state index in [9.17, 15) is 18.5 Å². The van der Waals surface area contributed by atoms with E-state index in [0.717, 1.165) is 18.7 Å². The van der Waals surface area contributed by atoms with Gasteiger partial charge in [-0.05, 0) is 11.1 Å². The first-order valence-electron chi connectivity index (χ1n) is 9.46. The highest BCUT2D eigenvalue weighted by molar-refractivity contribution is 7.89. The second kappa shape index (κ2) is 9.47. The van der Waals surface area contributed by atoms with Crippen LogP contribution in [0.5, 0.6) is 5.88 Å². The predicted octanol–water partition coefficient (Wildman–Crippen LogP) is 1.15. The fraction of sp³-hybridized carbons (Fsp3) is 0.421. The van der Waals surface area contributed by atoms with Crippen LogP contribution in [0.2, 0.25) is 0 Å². The Labute approximate surface area is 175 Å². The van der Waals surface area contributed by atoms with Crippen LogP contribution < -0.4 is 9.88 Å². The Morgan fingerprint density at radius 3 is 2.47 bits per heavy atom. The molecule has 1 fully saturated rings. The van der Waals surface area contributed by atoms with Gasteiger partial charge in [-0.25, -0.2) is 18.5 Å². The number of sulfonamides is 1. The number of non-ortho nitro benzene ring substituents is 1. The maximum Gasteiger partial charge on any atom is 0.269 e. The van der Waals surface area contributed by atoms with Gasteiger partial charge in [0.25, 0.3) is 5.69 Å². The number of primary sulfonamides is 1. The van der Waals surface area contributed by atoms with Crippen molar-refractivity contribution >= 4 is 15.7 Å². The summed E-state index contributed by atoms with van der Waals surface area (Å²) in [6, 6.07) is 9.89. The third-order valence-electron chi connectivity index (χ3n) is 5.15. The molecule has 0 bridgehead atoms. The van der Waals surface area contributed by atoms with Gasteiger partial charge in [0.15, 0.2) is 0 Å². The number of methoxy groups -OCH3 is 1. The van der Waals surface area contributed by atoms with Gasteiger partial charge in [-0.15, -0.1) is 0 Å². The third kappa shape index (κ3) is 5.72. The van der Waals surface area contributed by atoms with Crippen LogP contribution >= 0.6 is 0 Å². The lowest BCUT2D eigenvalue weighted by atomic mass is 10.1. The maximum atomic E-state index is 12.2. The SMILES string of the molecule is COc1ccc(C(CN2CCN(Cc3cccc([N+](=O)[O-])c3)CC2)S(N)(=O)=O)cn1. The molecule has 1 saturated heterocycles. The van der Waals surface area contributed by atoms with Gasteiger partial charge in [0.05, 0.1) is 12.0 Å². The van der Waals surface area contributed by atoms with Gasteiger partial charge in [0, 0.05) is 63.7 Å². The molecule has 1 aromatic carbocycles. The molecule has 30 heavy (non-hydrogen) atoms. The summed E-state index contributed by atoms with van der Waals surface area (Å²) in [4.78, 5) is 18.9. The number of hydrogen-bond donors (Lipinski definition) is 1. The van der Waals surface area contributed by atoms with Crippen molar-refractivity contribution in [3.05, 3.63) is 63.8 Å². The molecule has 2 heterocycles. The van der Waals surface area contributed by atoms with E-state index < -0.39 is 20.2 Å². The van der Waals surface area contributed by atoms with Crippen molar-refractivity contribution in [2.45, 2.75) is 11.8 Å². The number of rotatable bonds is 8. The number of ether oxygens (including phenoxy) is 1. The number of pyridine rings is 1. The third-order valence-corrected chi connectivity index (χ3v) is 6.37. The lowest BCUT2D eigenvalue weighted by Crippen LogP contribution is -2.48. The molecule has 1 aromatic heterocycles. The summed E-state index contributed by atoms with van der Waals surface area (Å²) >= 11 is 0. The Morgan fingerprint density at radius 1 is 1.20 bits per heavy atom. The van der Waals surface area contributed by atoms with E-state index in [1.165, 1.54) is 19.4 Å². The Bertz CT molecular complexity index is 975. The normalized spacial score (nSPS) is 16.9. The van der Waals surface area contributed by atoms with Crippen LogP contribution in [0.25, 0.3) is 0 Å². The van der Waals surface area contributed by atoms with Crippen LogP contribution in [0.4, 0.5) is 5.69 Å². The van der Waals surface area contributed by atoms with E-state index in [0.29, 0.717) is 31.1 Å². The first-order valence-corrected chi connectivity index (χ1v) is 11.1. The van der Waals surface area contributed by atoms with Crippen LogP contribution in [0.15, 0.2) is 42.6 Å². The quantitative estimate of drug-likeness (QED) is 0.482. The minimum atomic E-state index is -3.81. The van der Waals surface area contributed by atoms with Gasteiger partial charge in [0.1, 0.15) is 5.25 Å². The molecule has 10 nitrogen and oxygen atoms in total. The molecule has 1 aliphatic heterocycles. The first kappa shape index (κ1) is 22.1. The largest absolute Gasteiger partial charge is 0.481 e. The van der Waals surface area contributed by atoms with E-state index in [4.69, 9.17) is 9.88 Å². The van der Waals surface area contributed by atoms with Crippen LogP contribution in [-0.2, 0) is 16.6 Å². The Hall–Kier alpha value is -2.60. The van der Waals surface area contributed by atoms with Crippen molar-refractivity contribution in [3.8, 4) is 5.88 Å². The molecule has 0 spiro atoms. The van der Waals surface area contributed by atoms with Gasteiger partial charge in [0.2, 0.25) is 15.9 Å². The summed E-state index contributed by atoms with van der Waals surface area (Å²) in [5.74, 6) is 0.404. The monoisotopic (exact) mass is 435 g/mol. The molecule has 3 rings (SSSR count). The van der Waals surface area contributed by atoms with Crippen molar-refractivity contribution in [1.29, 1.82) is 0 Å². The number of benzene rings is 1. The zero-order valence-electron chi connectivity index (χ0n) is 16.7. The summed E-state index contributed by atoms with van der Waals surface area (Å²) < 4.78 is 29.4. The molecule has 2 aromatic rings. The number of piperazine rings is 1. The maximum absolute atomic E-state index is 12.2. The van der Waals surface area contributed by atoms with E-state index in [2.05, 4.69) is 14.8 Å². The summed E-state index contributed by atoms with van der Waals surface area (Å²) in [6.45, 7) is 3.67. The number of nitrogens with zero attached hydrogens (tertiary/aromatic N) is 4. The van der Waals surface area contributed by atoms with Crippen LogP contribution in [0, 0.1) is 10.1 Å². The number of nitro benzene ring substituents is 1. The van der Waals surface area contributed by atoms with Crippen LogP contribution in [-0.4, -0.2) is 68.0 Å². The average molecular weight is 436 g/mol. The fourth-order valence-electron chi connectivity index (χ4n) is 3.49. The zero-order chi connectivity index (χ0) is 21.7. The molecule has 0 amide bonds. The van der Waals surface area contributed by atoms with Crippen molar-refractivity contribution in [2.75, 3.05) is 39.8 Å². The lowest BCUT2D eigenvalue weighted by molar-refractivity contribution is -0.384. The van der Waals surface area contributed by atoms with Crippen molar-refractivity contribution < 1.29 is 18.1 Å². The summed E-state index contributed by atoms with van der Waals surface area (Å²) in [7, 11) is -2.32. The van der Waals surface area contributed by atoms with E-state index >= 15 is 0 Å². The highest BCUT2D eigenvalue weighted by Crippen LogP contribution is 2.23. The highest BCUT2D eigenvalue weighted by Gasteiger charge is 2.28. The molecule has 0 saturated carbocycles. The molecule has 162 valence electrons. The number of nitrogens with two attached hydrogens (primary N) is 1. The Kier molecular flexibility index (Phi) is 6.98. The van der Waals surface area contributed by atoms with E-state index in [-0.39, 0.29) is 12.2 Å². The molecule has 0 aliphatic carbocycles. The van der Waals surface area contributed by atoms with Gasteiger partial charge < -0.3 is 4.74 Å². The fourth-order valence-corrected chi connectivity index (χ4v) is 4.43. The minimum Gasteiger partial charge on any atom is -0.481 e. The highest BCUT2D eigenvalue weighted by atomic mass is 32.2. The number of aromatic nitrogens is 1.